The number of aliphatic imine (C=N–C) groups is 1. The van der Waals surface area contributed by atoms with Gasteiger partial charge in [0.05, 0.1) is 0 Å². The molecule has 1 aliphatic rings. The summed E-state index contributed by atoms with van der Waals surface area (Å²) < 4.78 is 0. The first-order chi connectivity index (χ1) is 4.64. The van der Waals surface area contributed by atoms with Gasteiger partial charge in [0.15, 0.2) is 5.17 Å². The van der Waals surface area contributed by atoms with Crippen LogP contribution in [0, 0.1) is 0 Å². The number of nitrogens with zero attached hydrogens (tertiary/aromatic N) is 1. The second-order valence-corrected chi connectivity index (χ2v) is 4.22. The summed E-state index contributed by atoms with van der Waals surface area (Å²) in [5, 5.41) is 4.44. The van der Waals surface area contributed by atoms with Gasteiger partial charge >= 0.3 is 0 Å². The van der Waals surface area contributed by atoms with Crippen molar-refractivity contribution in [3.63, 3.8) is 0 Å². The second-order valence-electron chi connectivity index (χ2n) is 3.14. The van der Waals surface area contributed by atoms with Gasteiger partial charge in [0.2, 0.25) is 0 Å². The van der Waals surface area contributed by atoms with E-state index in [0.717, 1.165) is 5.17 Å². The minimum absolute atomic E-state index is 0.250. The van der Waals surface area contributed by atoms with Crippen molar-refractivity contribution < 1.29 is 0 Å². The fourth-order valence-electron chi connectivity index (χ4n) is 0.911. The number of nitrogens with one attached hydrogen (secondary N) is 1. The van der Waals surface area contributed by atoms with Crippen LogP contribution >= 0.6 is 11.8 Å². The molecule has 0 aromatic heterocycles. The quantitative estimate of drug-likeness (QED) is 0.577. The SMILES string of the molecule is CN=C1NC(C)(C)CCS1. The third kappa shape index (κ3) is 1.90. The van der Waals surface area contributed by atoms with Gasteiger partial charge in [0.1, 0.15) is 0 Å². The lowest BCUT2D eigenvalue weighted by Crippen LogP contribution is -2.46. The van der Waals surface area contributed by atoms with Gasteiger partial charge in [-0.1, -0.05) is 11.8 Å². The first-order valence-electron chi connectivity index (χ1n) is 3.52. The Balaban J connectivity index is 2.56. The summed E-state index contributed by atoms with van der Waals surface area (Å²) in [5.74, 6) is 1.19. The molecule has 0 atom stereocenters. The van der Waals surface area contributed by atoms with Gasteiger partial charge in [-0.25, -0.2) is 0 Å². The molecule has 3 heteroatoms. The molecule has 2 nitrogen and oxygen atoms in total. The van der Waals surface area contributed by atoms with Crippen molar-refractivity contribution in [3.05, 3.63) is 0 Å². The molecule has 0 aliphatic carbocycles. The summed E-state index contributed by atoms with van der Waals surface area (Å²) in [6.07, 6.45) is 1.22. The molecule has 1 N–H and O–H groups in total. The van der Waals surface area contributed by atoms with E-state index >= 15 is 0 Å². The molecule has 0 saturated carbocycles. The molecule has 58 valence electrons. The van der Waals surface area contributed by atoms with E-state index in [1.807, 2.05) is 7.05 Å². The van der Waals surface area contributed by atoms with Crippen LogP contribution in [0.25, 0.3) is 0 Å². The fraction of sp³-hybridized carbons (Fsp3) is 0.857. The lowest BCUT2D eigenvalue weighted by molar-refractivity contribution is 0.446. The maximum atomic E-state index is 4.11. The van der Waals surface area contributed by atoms with Crippen LogP contribution in [0.1, 0.15) is 20.3 Å². The highest BCUT2D eigenvalue weighted by Crippen LogP contribution is 2.20. The number of thioether (sulfide) groups is 1. The number of amidine groups is 1. The Kier molecular flexibility index (Phi) is 2.24. The Morgan fingerprint density at radius 1 is 1.60 bits per heavy atom. The summed E-state index contributed by atoms with van der Waals surface area (Å²) in [4.78, 5) is 4.11. The minimum atomic E-state index is 0.250. The van der Waals surface area contributed by atoms with Crippen LogP contribution < -0.4 is 5.32 Å². The number of rotatable bonds is 0. The zero-order valence-corrected chi connectivity index (χ0v) is 7.59. The van der Waals surface area contributed by atoms with Crippen molar-refractivity contribution in [3.8, 4) is 0 Å². The third-order valence-electron chi connectivity index (χ3n) is 1.61. The van der Waals surface area contributed by atoms with E-state index < -0.39 is 0 Å². The Hall–Kier alpha value is -0.180. The van der Waals surface area contributed by atoms with E-state index in [4.69, 9.17) is 0 Å². The van der Waals surface area contributed by atoms with E-state index in [2.05, 4.69) is 24.2 Å². The second kappa shape index (κ2) is 2.82. The molecule has 1 saturated heterocycles. The highest BCUT2D eigenvalue weighted by atomic mass is 32.2. The van der Waals surface area contributed by atoms with Crippen LogP contribution in [0.15, 0.2) is 4.99 Å². The molecule has 10 heavy (non-hydrogen) atoms. The van der Waals surface area contributed by atoms with Crippen molar-refractivity contribution in [1.29, 1.82) is 0 Å². The molecule has 1 rings (SSSR count). The van der Waals surface area contributed by atoms with E-state index in [9.17, 15) is 0 Å². The average Bonchev–Trinajstić information content (AvgIpc) is 1.86. The highest BCUT2D eigenvalue weighted by molar-refractivity contribution is 8.13. The van der Waals surface area contributed by atoms with E-state index in [0.29, 0.717) is 0 Å². The molecular weight excluding hydrogens is 144 g/mol. The van der Waals surface area contributed by atoms with Gasteiger partial charge < -0.3 is 5.32 Å². The molecular formula is C7H14N2S. The zero-order valence-electron chi connectivity index (χ0n) is 6.77. The molecule has 0 bridgehead atoms. The fourth-order valence-corrected chi connectivity index (χ4v) is 2.19. The van der Waals surface area contributed by atoms with Gasteiger partial charge in [-0.05, 0) is 20.3 Å². The Bertz CT molecular complexity index is 152. The molecule has 1 aliphatic heterocycles. The van der Waals surface area contributed by atoms with Crippen LogP contribution in [0.5, 0.6) is 0 Å². The molecule has 0 aromatic carbocycles. The van der Waals surface area contributed by atoms with Gasteiger partial charge in [0.25, 0.3) is 0 Å². The Morgan fingerprint density at radius 2 is 2.30 bits per heavy atom. The van der Waals surface area contributed by atoms with Gasteiger partial charge in [-0.2, -0.15) is 0 Å². The topological polar surface area (TPSA) is 24.4 Å². The van der Waals surface area contributed by atoms with Crippen molar-refractivity contribution >= 4 is 16.9 Å². The standard InChI is InChI=1S/C7H14N2S/c1-7(2)4-5-10-6(8-3)9-7/h4-5H2,1-3H3,(H,8,9). The summed E-state index contributed by atoms with van der Waals surface area (Å²) in [6, 6.07) is 0. The van der Waals surface area contributed by atoms with Crippen LogP contribution in [0.2, 0.25) is 0 Å². The maximum Gasteiger partial charge on any atom is 0.156 e. The third-order valence-corrected chi connectivity index (χ3v) is 2.58. The predicted octanol–water partition coefficient (Wildman–Crippen LogP) is 1.48. The summed E-state index contributed by atoms with van der Waals surface area (Å²) in [7, 11) is 1.83. The smallest absolute Gasteiger partial charge is 0.156 e. The lowest BCUT2D eigenvalue weighted by Gasteiger charge is -2.32. The molecule has 0 aromatic rings. The number of hydrogen-bond acceptors (Lipinski definition) is 2. The van der Waals surface area contributed by atoms with E-state index in [1.54, 1.807) is 11.8 Å². The molecule has 0 radical (unpaired) electrons. The summed E-state index contributed by atoms with van der Waals surface area (Å²) in [6.45, 7) is 4.41. The highest BCUT2D eigenvalue weighted by Gasteiger charge is 2.23. The lowest BCUT2D eigenvalue weighted by atomic mass is 10.0. The van der Waals surface area contributed by atoms with Crippen LogP contribution in [0.3, 0.4) is 0 Å². The minimum Gasteiger partial charge on any atom is -0.360 e. The van der Waals surface area contributed by atoms with E-state index in [1.165, 1.54) is 12.2 Å². The van der Waals surface area contributed by atoms with Crippen LogP contribution in [-0.2, 0) is 0 Å². The summed E-state index contributed by atoms with van der Waals surface area (Å²) in [5.41, 5.74) is 0.250. The van der Waals surface area contributed by atoms with Crippen LogP contribution in [0.4, 0.5) is 0 Å². The van der Waals surface area contributed by atoms with Crippen molar-refractivity contribution in [1.82, 2.24) is 5.32 Å². The van der Waals surface area contributed by atoms with Gasteiger partial charge in [0, 0.05) is 18.3 Å². The molecule has 1 fully saturated rings. The maximum absolute atomic E-state index is 4.11. The Labute approximate surface area is 66.5 Å². The molecule has 1 heterocycles. The van der Waals surface area contributed by atoms with Crippen LogP contribution in [-0.4, -0.2) is 23.5 Å². The largest absolute Gasteiger partial charge is 0.360 e. The van der Waals surface area contributed by atoms with Gasteiger partial charge in [-0.15, -0.1) is 0 Å². The van der Waals surface area contributed by atoms with Gasteiger partial charge in [-0.3, -0.25) is 4.99 Å². The average molecular weight is 158 g/mol. The first kappa shape index (κ1) is 7.92. The molecule has 0 unspecified atom stereocenters. The van der Waals surface area contributed by atoms with Crippen molar-refractivity contribution in [2.24, 2.45) is 4.99 Å². The number of hydrogen-bond donors (Lipinski definition) is 1. The molecule has 0 spiro atoms. The first-order valence-corrected chi connectivity index (χ1v) is 4.50. The monoisotopic (exact) mass is 158 g/mol. The Morgan fingerprint density at radius 3 is 2.70 bits per heavy atom. The van der Waals surface area contributed by atoms with E-state index in [-0.39, 0.29) is 5.54 Å². The normalized spacial score (nSPS) is 28.1. The predicted molar refractivity (Wildman–Crippen MR) is 47.6 cm³/mol. The molecule has 0 amide bonds. The zero-order chi connectivity index (χ0) is 7.61. The summed E-state index contributed by atoms with van der Waals surface area (Å²) >= 11 is 1.80. The van der Waals surface area contributed by atoms with Crippen molar-refractivity contribution in [2.75, 3.05) is 12.8 Å². The van der Waals surface area contributed by atoms with Crippen molar-refractivity contribution in [2.45, 2.75) is 25.8 Å².